The number of amides is 1. The Bertz CT molecular complexity index is 1220. The van der Waals surface area contributed by atoms with E-state index in [-0.39, 0.29) is 17.2 Å². The van der Waals surface area contributed by atoms with Gasteiger partial charge in [0.05, 0.1) is 10.6 Å². The Labute approximate surface area is 164 Å². The van der Waals surface area contributed by atoms with Gasteiger partial charge in [-0.3, -0.25) is 4.79 Å². The highest BCUT2D eigenvalue weighted by molar-refractivity contribution is 6.34. The summed E-state index contributed by atoms with van der Waals surface area (Å²) in [6.45, 7) is 1.75. The molecule has 2 aromatic heterocycles. The van der Waals surface area contributed by atoms with E-state index in [1.807, 2.05) is 0 Å². The molecule has 0 aliphatic heterocycles. The van der Waals surface area contributed by atoms with Crippen LogP contribution >= 0.6 is 11.6 Å². The maximum atomic E-state index is 13.7. The highest BCUT2D eigenvalue weighted by Crippen LogP contribution is 2.35. The Hall–Kier alpha value is -3.45. The molecule has 2 heterocycles. The van der Waals surface area contributed by atoms with E-state index < -0.39 is 11.7 Å². The number of nitrogens with zero attached hydrogens (tertiary/aromatic N) is 2. The Balaban J connectivity index is 1.66. The van der Waals surface area contributed by atoms with Crippen LogP contribution in [-0.4, -0.2) is 15.9 Å². The molecule has 0 aliphatic rings. The number of aryl methyl sites for hydroxylation is 1. The van der Waals surface area contributed by atoms with Crippen LogP contribution < -0.4 is 11.1 Å². The van der Waals surface area contributed by atoms with Crippen molar-refractivity contribution in [3.05, 3.63) is 70.8 Å². The fourth-order valence-electron chi connectivity index (χ4n) is 2.87. The summed E-state index contributed by atoms with van der Waals surface area (Å²) in [6.07, 6.45) is 0. The van der Waals surface area contributed by atoms with Crippen LogP contribution in [0.4, 0.5) is 16.0 Å². The van der Waals surface area contributed by atoms with E-state index >= 15 is 0 Å². The molecule has 0 unspecified atom stereocenters. The van der Waals surface area contributed by atoms with E-state index in [0.29, 0.717) is 33.1 Å². The Morgan fingerprint density at radius 3 is 2.68 bits per heavy atom. The lowest BCUT2D eigenvalue weighted by Gasteiger charge is -2.10. The lowest BCUT2D eigenvalue weighted by molar-refractivity contribution is 0.102. The van der Waals surface area contributed by atoms with Gasteiger partial charge in [-0.25, -0.2) is 14.4 Å². The van der Waals surface area contributed by atoms with E-state index in [4.69, 9.17) is 21.8 Å². The van der Waals surface area contributed by atoms with Crippen LogP contribution in [0.5, 0.6) is 0 Å². The van der Waals surface area contributed by atoms with Crippen LogP contribution in [0.1, 0.15) is 16.2 Å². The zero-order valence-electron chi connectivity index (χ0n) is 14.7. The molecule has 0 bridgehead atoms. The normalized spacial score (nSPS) is 11.0. The number of pyridine rings is 1. The second-order valence-corrected chi connectivity index (χ2v) is 6.50. The summed E-state index contributed by atoms with van der Waals surface area (Å²) in [5.74, 6) is -0.354. The molecular formula is C20H14ClFN4O2. The number of anilines is 2. The lowest BCUT2D eigenvalue weighted by Crippen LogP contribution is -2.15. The van der Waals surface area contributed by atoms with Crippen molar-refractivity contribution in [3.8, 4) is 11.1 Å². The molecule has 0 saturated carbocycles. The second kappa shape index (κ2) is 6.94. The summed E-state index contributed by atoms with van der Waals surface area (Å²) < 4.78 is 19.3. The molecule has 140 valence electrons. The van der Waals surface area contributed by atoms with Gasteiger partial charge < -0.3 is 15.5 Å². The number of rotatable bonds is 3. The second-order valence-electron chi connectivity index (χ2n) is 6.10. The molecule has 3 N–H and O–H groups in total. The van der Waals surface area contributed by atoms with Crippen molar-refractivity contribution in [1.82, 2.24) is 9.97 Å². The van der Waals surface area contributed by atoms with Crippen molar-refractivity contribution in [3.63, 3.8) is 0 Å². The van der Waals surface area contributed by atoms with Crippen LogP contribution in [0.15, 0.2) is 52.9 Å². The molecule has 28 heavy (non-hydrogen) atoms. The highest BCUT2D eigenvalue weighted by atomic mass is 35.5. The maximum absolute atomic E-state index is 13.7. The van der Waals surface area contributed by atoms with Gasteiger partial charge in [0, 0.05) is 18.1 Å². The zero-order chi connectivity index (χ0) is 19.8. The number of nitrogens with one attached hydrogen (secondary N) is 1. The summed E-state index contributed by atoms with van der Waals surface area (Å²) in [7, 11) is 0. The van der Waals surface area contributed by atoms with Crippen molar-refractivity contribution >= 4 is 40.2 Å². The number of benzene rings is 2. The number of carbonyl (C=O) groups excluding carboxylic acids is 1. The van der Waals surface area contributed by atoms with Crippen LogP contribution in [-0.2, 0) is 0 Å². The fraction of sp³-hybridized carbons (Fsp3) is 0.0500. The van der Waals surface area contributed by atoms with E-state index in [1.165, 1.54) is 18.2 Å². The van der Waals surface area contributed by atoms with E-state index in [9.17, 15) is 9.18 Å². The molecule has 2 aromatic carbocycles. The molecule has 6 nitrogen and oxygen atoms in total. The maximum Gasteiger partial charge on any atom is 0.259 e. The number of nitrogen functional groups attached to an aromatic ring is 1. The van der Waals surface area contributed by atoms with Crippen LogP contribution in [0, 0.1) is 12.7 Å². The van der Waals surface area contributed by atoms with Crippen LogP contribution in [0.25, 0.3) is 22.2 Å². The van der Waals surface area contributed by atoms with Gasteiger partial charge in [0.25, 0.3) is 5.91 Å². The van der Waals surface area contributed by atoms with Crippen molar-refractivity contribution in [1.29, 1.82) is 0 Å². The summed E-state index contributed by atoms with van der Waals surface area (Å²) in [4.78, 5) is 20.7. The molecule has 0 fully saturated rings. The van der Waals surface area contributed by atoms with Crippen molar-refractivity contribution < 1.29 is 13.6 Å². The molecule has 1 amide bonds. The molecule has 8 heteroatoms. The first kappa shape index (κ1) is 17.9. The summed E-state index contributed by atoms with van der Waals surface area (Å²) in [5.41, 5.74) is 8.42. The largest absolute Gasteiger partial charge is 0.441 e. The first-order valence-corrected chi connectivity index (χ1v) is 8.69. The molecule has 0 spiro atoms. The minimum Gasteiger partial charge on any atom is -0.441 e. The zero-order valence-corrected chi connectivity index (χ0v) is 15.4. The summed E-state index contributed by atoms with van der Waals surface area (Å²) >= 11 is 6.36. The topological polar surface area (TPSA) is 94.0 Å². The molecule has 4 rings (SSSR count). The number of nitrogens with two attached hydrogens (primary N) is 1. The first-order chi connectivity index (χ1) is 13.4. The van der Waals surface area contributed by atoms with Gasteiger partial charge in [-0.05, 0) is 36.4 Å². The molecule has 0 radical (unpaired) electrons. The molecule has 0 aliphatic carbocycles. The summed E-state index contributed by atoms with van der Waals surface area (Å²) in [5, 5.41) is 2.98. The third-order valence-electron chi connectivity index (χ3n) is 4.16. The number of hydrogen-bond acceptors (Lipinski definition) is 5. The summed E-state index contributed by atoms with van der Waals surface area (Å²) in [6, 6.07) is 12.4. The number of oxazole rings is 1. The standard InChI is InChI=1S/C20H14ClFN4O2/c1-10-24-16-9-14(21)13(8-17(16)28-10)11-6-7-18(25-19(11)23)26-20(27)12-4-2-3-5-15(12)22/h2-9H,1H3,(H3,23,25,26,27). The fourth-order valence-corrected chi connectivity index (χ4v) is 3.13. The van der Waals surface area contributed by atoms with Gasteiger partial charge >= 0.3 is 0 Å². The SMILES string of the molecule is Cc1nc2cc(Cl)c(-c3ccc(NC(=O)c4ccccc4F)nc3N)cc2o1. The first-order valence-electron chi connectivity index (χ1n) is 8.32. The third-order valence-corrected chi connectivity index (χ3v) is 4.47. The predicted octanol–water partition coefficient (Wildman–Crippen LogP) is 4.83. The monoisotopic (exact) mass is 396 g/mol. The number of fused-ring (bicyclic) bond motifs is 1. The highest BCUT2D eigenvalue weighted by Gasteiger charge is 2.15. The van der Waals surface area contributed by atoms with E-state index in [0.717, 1.165) is 0 Å². The average molecular weight is 397 g/mol. The van der Waals surface area contributed by atoms with Gasteiger partial charge in [-0.15, -0.1) is 0 Å². The molecule has 0 atom stereocenters. The third kappa shape index (κ3) is 3.27. The van der Waals surface area contributed by atoms with Crippen molar-refractivity contribution in [2.75, 3.05) is 11.1 Å². The van der Waals surface area contributed by atoms with Crippen LogP contribution in [0.2, 0.25) is 5.02 Å². The van der Waals surface area contributed by atoms with Crippen molar-refractivity contribution in [2.45, 2.75) is 6.92 Å². The minimum atomic E-state index is -0.618. The van der Waals surface area contributed by atoms with E-state index in [2.05, 4.69) is 15.3 Å². The smallest absolute Gasteiger partial charge is 0.259 e. The predicted molar refractivity (Wildman–Crippen MR) is 106 cm³/mol. The number of aromatic nitrogens is 2. The minimum absolute atomic E-state index is 0.0823. The Kier molecular flexibility index (Phi) is 4.44. The van der Waals surface area contributed by atoms with Crippen LogP contribution in [0.3, 0.4) is 0 Å². The molecule has 0 saturated heterocycles. The number of hydrogen-bond donors (Lipinski definition) is 2. The molecular weight excluding hydrogens is 383 g/mol. The van der Waals surface area contributed by atoms with Gasteiger partial charge in [0.1, 0.15) is 23.0 Å². The Morgan fingerprint density at radius 1 is 1.14 bits per heavy atom. The van der Waals surface area contributed by atoms with Gasteiger partial charge in [0.2, 0.25) is 0 Å². The lowest BCUT2D eigenvalue weighted by atomic mass is 10.1. The number of carbonyl (C=O) groups is 1. The van der Waals surface area contributed by atoms with Gasteiger partial charge in [0.15, 0.2) is 11.5 Å². The van der Waals surface area contributed by atoms with Crippen molar-refractivity contribution in [2.24, 2.45) is 0 Å². The van der Waals surface area contributed by atoms with Gasteiger partial charge in [-0.2, -0.15) is 0 Å². The number of halogens is 2. The molecule has 4 aromatic rings. The van der Waals surface area contributed by atoms with Gasteiger partial charge in [-0.1, -0.05) is 23.7 Å². The average Bonchev–Trinajstić information content (AvgIpc) is 3.00. The Morgan fingerprint density at radius 2 is 1.93 bits per heavy atom. The quantitative estimate of drug-likeness (QED) is 0.517. The van der Waals surface area contributed by atoms with E-state index in [1.54, 1.807) is 37.3 Å².